The Morgan fingerprint density at radius 3 is 2.75 bits per heavy atom. The van der Waals surface area contributed by atoms with Crippen LogP contribution in [0.15, 0.2) is 42.7 Å². The van der Waals surface area contributed by atoms with Crippen molar-refractivity contribution in [2.45, 2.75) is 25.7 Å². The molecule has 4 heteroatoms. The summed E-state index contributed by atoms with van der Waals surface area (Å²) in [6.07, 6.45) is 9.56. The molecule has 3 nitrogen and oxygen atoms in total. The van der Waals surface area contributed by atoms with E-state index in [2.05, 4.69) is 22.5 Å². The molecule has 1 fully saturated rings. The summed E-state index contributed by atoms with van der Waals surface area (Å²) in [5, 5.41) is 0.488. The van der Waals surface area contributed by atoms with E-state index in [1.807, 2.05) is 25.1 Å². The fourth-order valence-electron chi connectivity index (χ4n) is 3.20. The number of hydrogen-bond acceptors (Lipinski definition) is 3. The number of aryl methyl sites for hydroxylation is 1. The summed E-state index contributed by atoms with van der Waals surface area (Å²) in [7, 11) is 0. The zero-order valence-corrected chi connectivity index (χ0v) is 14.2. The number of allylic oxidation sites excluding steroid dienone is 1. The zero-order valence-electron chi connectivity index (χ0n) is 13.4. The summed E-state index contributed by atoms with van der Waals surface area (Å²) in [5.41, 5.74) is 3.78. The maximum atomic E-state index is 12.5. The molecule has 3 rings (SSSR count). The Morgan fingerprint density at radius 2 is 2.08 bits per heavy atom. The Balaban J connectivity index is 2.01. The second-order valence-corrected chi connectivity index (χ2v) is 6.52. The molecular formula is C20H17ClN2O. The minimum atomic E-state index is -0.296. The topological polar surface area (TPSA) is 42.9 Å². The average molecular weight is 337 g/mol. The van der Waals surface area contributed by atoms with Crippen LogP contribution in [-0.2, 0) is 4.79 Å². The number of aromatic nitrogens is 2. The van der Waals surface area contributed by atoms with Crippen LogP contribution in [-0.4, -0.2) is 15.8 Å². The first kappa shape index (κ1) is 16.4. The van der Waals surface area contributed by atoms with Gasteiger partial charge in [-0.25, -0.2) is 9.97 Å². The molecule has 1 aromatic heterocycles. The van der Waals surface area contributed by atoms with Gasteiger partial charge in [-0.2, -0.15) is 0 Å². The Labute approximate surface area is 146 Å². The predicted molar refractivity (Wildman–Crippen MR) is 95.7 cm³/mol. The molecule has 0 bridgehead atoms. The number of Topliss-reactive ketones (excluding diaryl/α,β-unsaturated/α-hetero) is 1. The van der Waals surface area contributed by atoms with Gasteiger partial charge in [-0.15, -0.1) is 12.3 Å². The van der Waals surface area contributed by atoms with E-state index in [1.165, 1.54) is 0 Å². The number of terminal acetylenes is 1. The molecule has 0 amide bonds. The molecular weight excluding hydrogens is 320 g/mol. The van der Waals surface area contributed by atoms with E-state index in [9.17, 15) is 4.79 Å². The Kier molecular flexibility index (Phi) is 4.51. The number of hydrogen-bond donors (Lipinski definition) is 0. The summed E-state index contributed by atoms with van der Waals surface area (Å²) in [4.78, 5) is 21.0. The Bertz CT molecular complexity index is 849. The lowest BCUT2D eigenvalue weighted by molar-refractivity contribution is -0.118. The minimum Gasteiger partial charge on any atom is -0.299 e. The van der Waals surface area contributed by atoms with Crippen molar-refractivity contribution < 1.29 is 4.79 Å². The van der Waals surface area contributed by atoms with Crippen molar-refractivity contribution in [1.29, 1.82) is 0 Å². The smallest absolute Gasteiger partial charge is 0.159 e. The normalized spacial score (nSPS) is 20.2. The van der Waals surface area contributed by atoms with Gasteiger partial charge in [-0.1, -0.05) is 35.9 Å². The van der Waals surface area contributed by atoms with Crippen LogP contribution in [0.2, 0.25) is 5.02 Å². The van der Waals surface area contributed by atoms with E-state index < -0.39 is 0 Å². The van der Waals surface area contributed by atoms with Crippen LogP contribution in [0, 0.1) is 25.2 Å². The van der Waals surface area contributed by atoms with Crippen molar-refractivity contribution in [2.75, 3.05) is 0 Å². The van der Waals surface area contributed by atoms with Crippen LogP contribution >= 0.6 is 11.6 Å². The minimum absolute atomic E-state index is 0.0716. The summed E-state index contributed by atoms with van der Waals surface area (Å²) in [6, 6.07) is 5.91. The molecule has 0 saturated heterocycles. The first-order valence-corrected chi connectivity index (χ1v) is 8.12. The van der Waals surface area contributed by atoms with Gasteiger partial charge < -0.3 is 0 Å². The molecule has 1 aromatic carbocycles. The quantitative estimate of drug-likeness (QED) is 0.618. The molecule has 2 unspecified atom stereocenters. The highest BCUT2D eigenvalue weighted by molar-refractivity contribution is 6.30. The van der Waals surface area contributed by atoms with Crippen LogP contribution in [0.3, 0.4) is 0 Å². The van der Waals surface area contributed by atoms with Gasteiger partial charge in [-0.05, 0) is 30.0 Å². The third-order valence-electron chi connectivity index (χ3n) is 4.50. The molecule has 1 saturated carbocycles. The lowest BCUT2D eigenvalue weighted by atomic mass is 9.87. The highest BCUT2D eigenvalue weighted by Gasteiger charge is 2.37. The Hall–Kier alpha value is -2.44. The number of benzene rings is 1. The molecule has 24 heavy (non-hydrogen) atoms. The monoisotopic (exact) mass is 336 g/mol. The molecule has 0 aliphatic heterocycles. The largest absolute Gasteiger partial charge is 0.299 e. The summed E-state index contributed by atoms with van der Waals surface area (Å²) in [6.45, 7) is 6.15. The Morgan fingerprint density at radius 1 is 1.38 bits per heavy atom. The van der Waals surface area contributed by atoms with E-state index in [0.29, 0.717) is 23.7 Å². The lowest BCUT2D eigenvalue weighted by Gasteiger charge is -2.16. The molecule has 1 heterocycles. The molecule has 0 spiro atoms. The first-order valence-electron chi connectivity index (χ1n) is 7.74. The summed E-state index contributed by atoms with van der Waals surface area (Å²) >= 11 is 5.85. The van der Waals surface area contributed by atoms with Crippen LogP contribution in [0.25, 0.3) is 11.4 Å². The van der Waals surface area contributed by atoms with Crippen LogP contribution in [0.5, 0.6) is 0 Å². The predicted octanol–water partition coefficient (Wildman–Crippen LogP) is 4.36. The maximum absolute atomic E-state index is 12.5. The molecule has 1 aliphatic carbocycles. The van der Waals surface area contributed by atoms with E-state index >= 15 is 0 Å². The van der Waals surface area contributed by atoms with Crippen molar-refractivity contribution in [3.63, 3.8) is 0 Å². The molecule has 120 valence electrons. The summed E-state index contributed by atoms with van der Waals surface area (Å²) < 4.78 is 0. The van der Waals surface area contributed by atoms with E-state index in [1.54, 1.807) is 12.4 Å². The van der Waals surface area contributed by atoms with E-state index in [-0.39, 0.29) is 17.6 Å². The van der Waals surface area contributed by atoms with E-state index in [0.717, 1.165) is 22.3 Å². The van der Waals surface area contributed by atoms with Crippen LogP contribution in [0.4, 0.5) is 0 Å². The molecule has 0 radical (unpaired) electrons. The highest BCUT2D eigenvalue weighted by atomic mass is 35.5. The highest BCUT2D eigenvalue weighted by Crippen LogP contribution is 2.42. The second kappa shape index (κ2) is 6.59. The molecule has 0 N–H and O–H groups in total. The third-order valence-corrected chi connectivity index (χ3v) is 4.69. The van der Waals surface area contributed by atoms with Crippen molar-refractivity contribution in [3.8, 4) is 23.7 Å². The van der Waals surface area contributed by atoms with Crippen LogP contribution < -0.4 is 0 Å². The number of rotatable bonds is 3. The fourth-order valence-corrected chi connectivity index (χ4v) is 3.30. The van der Waals surface area contributed by atoms with Gasteiger partial charge in [-0.3, -0.25) is 4.79 Å². The first-order chi connectivity index (χ1) is 11.5. The number of ketones is 1. The molecule has 2 atom stereocenters. The summed E-state index contributed by atoms with van der Waals surface area (Å²) in [5.74, 6) is 3.18. The molecule has 1 aliphatic rings. The number of carbonyl (C=O) groups excluding carboxylic acids is 1. The maximum Gasteiger partial charge on any atom is 0.159 e. The number of nitrogens with zero attached hydrogens (tertiary/aromatic N) is 2. The standard InChI is InChI=1S/C20H17ClN2O/c1-4-5-14-9-18(24)19(13(14)3)17-8-15(7-6-12(17)2)20-22-10-16(21)11-23-20/h1,6-8,10-11,14,19H,3,5,9H2,2H3. The van der Waals surface area contributed by atoms with Gasteiger partial charge in [0.1, 0.15) is 5.78 Å². The average Bonchev–Trinajstić information content (AvgIpc) is 2.84. The number of halogens is 1. The van der Waals surface area contributed by atoms with Crippen molar-refractivity contribution >= 4 is 17.4 Å². The zero-order chi connectivity index (χ0) is 17.3. The lowest BCUT2D eigenvalue weighted by Crippen LogP contribution is -2.08. The van der Waals surface area contributed by atoms with Crippen molar-refractivity contribution in [2.24, 2.45) is 5.92 Å². The third kappa shape index (κ3) is 2.98. The molecule has 2 aromatic rings. The van der Waals surface area contributed by atoms with Gasteiger partial charge in [0.2, 0.25) is 0 Å². The van der Waals surface area contributed by atoms with Crippen LogP contribution in [0.1, 0.15) is 29.9 Å². The van der Waals surface area contributed by atoms with E-state index in [4.69, 9.17) is 18.0 Å². The second-order valence-electron chi connectivity index (χ2n) is 6.08. The van der Waals surface area contributed by atoms with Gasteiger partial charge in [0.15, 0.2) is 5.82 Å². The number of carbonyl (C=O) groups is 1. The van der Waals surface area contributed by atoms with Gasteiger partial charge >= 0.3 is 0 Å². The van der Waals surface area contributed by atoms with Gasteiger partial charge in [0, 0.05) is 30.8 Å². The fraction of sp³-hybridized carbons (Fsp3) is 0.250. The van der Waals surface area contributed by atoms with Crippen molar-refractivity contribution in [1.82, 2.24) is 9.97 Å². The SMILES string of the molecule is C#CCC1CC(=O)C(c2cc(-c3ncc(Cl)cn3)ccc2C)C1=C. The van der Waals surface area contributed by atoms with Gasteiger partial charge in [0.25, 0.3) is 0 Å². The van der Waals surface area contributed by atoms with Crippen molar-refractivity contribution in [3.05, 3.63) is 58.9 Å². The van der Waals surface area contributed by atoms with Gasteiger partial charge in [0.05, 0.1) is 10.9 Å².